The zero-order valence-electron chi connectivity index (χ0n) is 18.7. The van der Waals surface area contributed by atoms with Gasteiger partial charge in [0.15, 0.2) is 0 Å². The molecule has 0 unspecified atom stereocenters. The van der Waals surface area contributed by atoms with Crippen LogP contribution in [0.2, 0.25) is 0 Å². The number of hydrogen-bond acceptors (Lipinski definition) is 5. The zero-order valence-corrected chi connectivity index (χ0v) is 18.7. The molecule has 0 saturated carbocycles. The molecule has 3 aromatic rings. The molecule has 0 aliphatic carbocycles. The fourth-order valence-corrected chi connectivity index (χ4v) is 3.95. The first-order chi connectivity index (χ1) is 16.1. The molecule has 1 aliphatic heterocycles. The molecule has 33 heavy (non-hydrogen) atoms. The number of hydrogen-bond donors (Lipinski definition) is 2. The Morgan fingerprint density at radius 1 is 0.939 bits per heavy atom. The molecule has 9 nitrogen and oxygen atoms in total. The molecular weight excluding hydrogens is 422 g/mol. The van der Waals surface area contributed by atoms with E-state index in [0.717, 1.165) is 18.6 Å². The Bertz CT molecular complexity index is 1100. The number of urea groups is 1. The third-order valence-corrected chi connectivity index (χ3v) is 5.70. The summed E-state index contributed by atoms with van der Waals surface area (Å²) in [5, 5.41) is 10.1. The molecular formula is C24H27N5O4. The molecule has 0 atom stereocenters. The van der Waals surface area contributed by atoms with Crippen LogP contribution in [0.25, 0.3) is 0 Å². The summed E-state index contributed by atoms with van der Waals surface area (Å²) in [7, 11) is 3.15. The maximum Gasteiger partial charge on any atom is 0.324 e. The van der Waals surface area contributed by atoms with Crippen molar-refractivity contribution in [3.05, 3.63) is 66.4 Å². The molecule has 9 heteroatoms. The quantitative estimate of drug-likeness (QED) is 0.592. The summed E-state index contributed by atoms with van der Waals surface area (Å²) in [6, 6.07) is 15.8. The van der Waals surface area contributed by atoms with E-state index in [9.17, 15) is 9.59 Å². The first-order valence-corrected chi connectivity index (χ1v) is 10.8. The highest BCUT2D eigenvalue weighted by Gasteiger charge is 2.26. The number of piperidine rings is 1. The van der Waals surface area contributed by atoms with E-state index in [1.165, 1.54) is 0 Å². The average Bonchev–Trinajstić information content (AvgIpc) is 3.32. The lowest BCUT2D eigenvalue weighted by molar-refractivity contribution is 0.0691. The summed E-state index contributed by atoms with van der Waals surface area (Å²) >= 11 is 0. The molecule has 0 radical (unpaired) electrons. The van der Waals surface area contributed by atoms with Crippen molar-refractivity contribution in [1.82, 2.24) is 14.7 Å². The van der Waals surface area contributed by atoms with E-state index < -0.39 is 0 Å². The van der Waals surface area contributed by atoms with E-state index in [2.05, 4.69) is 15.7 Å². The lowest BCUT2D eigenvalue weighted by Crippen LogP contribution is -2.39. The highest BCUT2D eigenvalue weighted by atomic mass is 16.5. The second-order valence-electron chi connectivity index (χ2n) is 7.69. The Hall–Kier alpha value is -4.01. The lowest BCUT2D eigenvalue weighted by Gasteiger charge is -2.32. The number of nitrogens with one attached hydrogen (secondary N) is 2. The molecule has 172 valence electrons. The van der Waals surface area contributed by atoms with E-state index in [0.29, 0.717) is 35.9 Å². The van der Waals surface area contributed by atoms with Crippen molar-refractivity contribution in [2.75, 3.05) is 37.9 Å². The number of carbonyl (C=O) groups excluding carboxylic acids is 2. The number of rotatable bonds is 6. The predicted molar refractivity (Wildman–Crippen MR) is 125 cm³/mol. The van der Waals surface area contributed by atoms with Gasteiger partial charge in [-0.25, -0.2) is 9.48 Å². The van der Waals surface area contributed by atoms with E-state index in [4.69, 9.17) is 9.47 Å². The van der Waals surface area contributed by atoms with Gasteiger partial charge in [-0.05, 0) is 49.2 Å². The smallest absolute Gasteiger partial charge is 0.324 e. The van der Waals surface area contributed by atoms with Gasteiger partial charge in [-0.1, -0.05) is 12.1 Å². The van der Waals surface area contributed by atoms with Crippen LogP contribution < -0.4 is 20.1 Å². The van der Waals surface area contributed by atoms with Gasteiger partial charge in [-0.3, -0.25) is 10.1 Å². The van der Waals surface area contributed by atoms with E-state index in [1.54, 1.807) is 62.9 Å². The van der Waals surface area contributed by atoms with Crippen LogP contribution in [0, 0.1) is 0 Å². The molecule has 0 spiro atoms. The van der Waals surface area contributed by atoms with Crippen molar-refractivity contribution >= 4 is 23.4 Å². The van der Waals surface area contributed by atoms with Gasteiger partial charge in [0.25, 0.3) is 5.91 Å². The zero-order chi connectivity index (χ0) is 23.2. The molecule has 1 saturated heterocycles. The number of benzene rings is 2. The molecule has 2 heterocycles. The lowest BCUT2D eigenvalue weighted by atomic mass is 10.0. The SMILES string of the molecule is COc1ccc(C(=O)N2CCC(n3nccc3NC(=O)Nc3ccccc3OC)CC2)cc1. The third-order valence-electron chi connectivity index (χ3n) is 5.70. The Labute approximate surface area is 192 Å². The number of carbonyl (C=O) groups is 2. The summed E-state index contributed by atoms with van der Waals surface area (Å²) in [5.74, 6) is 1.90. The van der Waals surface area contributed by atoms with E-state index in [1.807, 2.05) is 21.7 Å². The van der Waals surface area contributed by atoms with Crippen molar-refractivity contribution in [2.24, 2.45) is 0 Å². The molecule has 3 amide bonds. The largest absolute Gasteiger partial charge is 0.497 e. The van der Waals surface area contributed by atoms with Crippen molar-refractivity contribution in [2.45, 2.75) is 18.9 Å². The number of ether oxygens (including phenoxy) is 2. The maximum atomic E-state index is 12.8. The van der Waals surface area contributed by atoms with Gasteiger partial charge >= 0.3 is 6.03 Å². The predicted octanol–water partition coefficient (Wildman–Crippen LogP) is 4.02. The van der Waals surface area contributed by atoms with Crippen LogP contribution in [0.1, 0.15) is 29.2 Å². The van der Waals surface area contributed by atoms with Gasteiger partial charge in [0, 0.05) is 24.7 Å². The fraction of sp³-hybridized carbons (Fsp3) is 0.292. The van der Waals surface area contributed by atoms with Gasteiger partial charge in [-0.15, -0.1) is 0 Å². The minimum atomic E-state index is -0.381. The van der Waals surface area contributed by atoms with Crippen molar-refractivity contribution in [3.63, 3.8) is 0 Å². The summed E-state index contributed by atoms with van der Waals surface area (Å²) in [6.07, 6.45) is 3.15. The Kier molecular flexibility index (Phi) is 6.77. The van der Waals surface area contributed by atoms with E-state index in [-0.39, 0.29) is 18.0 Å². The van der Waals surface area contributed by atoms with Crippen molar-refractivity contribution in [1.29, 1.82) is 0 Å². The van der Waals surface area contributed by atoms with Crippen LogP contribution in [-0.2, 0) is 0 Å². The van der Waals surface area contributed by atoms with Crippen LogP contribution in [0.5, 0.6) is 11.5 Å². The van der Waals surface area contributed by atoms with Crippen LogP contribution >= 0.6 is 0 Å². The monoisotopic (exact) mass is 449 g/mol. The number of amides is 3. The van der Waals surface area contributed by atoms with E-state index >= 15 is 0 Å². The third kappa shape index (κ3) is 5.08. The average molecular weight is 450 g/mol. The first-order valence-electron chi connectivity index (χ1n) is 10.8. The minimum absolute atomic E-state index is 0.00565. The topological polar surface area (TPSA) is 97.7 Å². The van der Waals surface area contributed by atoms with Crippen LogP contribution in [-0.4, -0.2) is 53.9 Å². The summed E-state index contributed by atoms with van der Waals surface area (Å²) in [5.41, 5.74) is 1.22. The normalized spacial score (nSPS) is 13.9. The molecule has 2 N–H and O–H groups in total. The molecule has 4 rings (SSSR count). The minimum Gasteiger partial charge on any atom is -0.497 e. The number of para-hydroxylation sites is 2. The Morgan fingerprint density at radius 3 is 2.36 bits per heavy atom. The van der Waals surface area contributed by atoms with Crippen molar-refractivity contribution < 1.29 is 19.1 Å². The second-order valence-corrected chi connectivity index (χ2v) is 7.69. The molecule has 1 fully saturated rings. The maximum absolute atomic E-state index is 12.8. The highest BCUT2D eigenvalue weighted by Crippen LogP contribution is 2.27. The van der Waals surface area contributed by atoms with Gasteiger partial charge in [0.2, 0.25) is 0 Å². The number of likely N-dealkylation sites (tertiary alicyclic amines) is 1. The molecule has 0 bridgehead atoms. The van der Waals surface area contributed by atoms with Crippen molar-refractivity contribution in [3.8, 4) is 11.5 Å². The molecule has 1 aromatic heterocycles. The van der Waals surface area contributed by atoms with Crippen LogP contribution in [0.3, 0.4) is 0 Å². The number of aromatic nitrogens is 2. The number of methoxy groups -OCH3 is 2. The highest BCUT2D eigenvalue weighted by molar-refractivity contribution is 6.00. The number of nitrogens with zero attached hydrogens (tertiary/aromatic N) is 3. The summed E-state index contributed by atoms with van der Waals surface area (Å²) in [4.78, 5) is 27.2. The fourth-order valence-electron chi connectivity index (χ4n) is 3.95. The second kappa shape index (κ2) is 10.1. The Morgan fingerprint density at radius 2 is 1.67 bits per heavy atom. The van der Waals surface area contributed by atoms with Crippen LogP contribution in [0.15, 0.2) is 60.8 Å². The molecule has 1 aliphatic rings. The number of anilines is 2. The first kappa shape index (κ1) is 22.2. The summed E-state index contributed by atoms with van der Waals surface area (Å²) in [6.45, 7) is 1.23. The molecule has 2 aromatic carbocycles. The van der Waals surface area contributed by atoms with Gasteiger partial charge in [0.05, 0.1) is 32.1 Å². The summed E-state index contributed by atoms with van der Waals surface area (Å²) < 4.78 is 12.2. The standard InChI is InChI=1S/C24H27N5O4/c1-32-19-9-7-17(8-10-19)23(30)28-15-12-18(13-16-28)29-22(11-14-25-29)27-24(31)26-20-5-3-4-6-21(20)33-2/h3-11,14,18H,12-13,15-16H2,1-2H3,(H2,26,27,31). The van der Waals surface area contributed by atoms with Crippen LogP contribution in [0.4, 0.5) is 16.3 Å². The van der Waals surface area contributed by atoms with Gasteiger partial charge < -0.3 is 19.7 Å². The van der Waals surface area contributed by atoms with Gasteiger partial charge in [-0.2, -0.15) is 5.10 Å². The van der Waals surface area contributed by atoms with Gasteiger partial charge in [0.1, 0.15) is 17.3 Å². The Balaban J connectivity index is 1.35.